The first kappa shape index (κ1) is 26.7. The first-order valence-corrected chi connectivity index (χ1v) is 11.8. The number of carboxylic acid groups (broad SMARTS) is 1. The minimum Gasteiger partial charge on any atom is -0.497 e. The van der Waals surface area contributed by atoms with Crippen LogP contribution in [-0.2, 0) is 11.2 Å². The van der Waals surface area contributed by atoms with Crippen LogP contribution in [0.5, 0.6) is 5.75 Å². The number of aliphatic carboxylic acids is 1. The number of ketones is 1. The van der Waals surface area contributed by atoms with Crippen LogP contribution >= 0.6 is 0 Å². The van der Waals surface area contributed by atoms with Gasteiger partial charge in [-0.2, -0.15) is 13.2 Å². The monoisotopic (exact) mass is 526 g/mol. The summed E-state index contributed by atoms with van der Waals surface area (Å²) in [5.74, 6) is -1.62. The second-order valence-corrected chi connectivity index (χ2v) is 9.23. The highest BCUT2D eigenvalue weighted by atomic mass is 19.4. The number of nitrogens with one attached hydrogen (secondary N) is 2. The van der Waals surface area contributed by atoms with Gasteiger partial charge in [0.1, 0.15) is 5.75 Å². The van der Waals surface area contributed by atoms with Crippen LogP contribution in [0, 0.1) is 5.41 Å². The molecule has 1 atom stereocenters. The first-order chi connectivity index (χ1) is 18.0. The van der Waals surface area contributed by atoms with E-state index in [-0.39, 0.29) is 18.4 Å². The predicted octanol–water partition coefficient (Wildman–Crippen LogP) is 6.55. The fraction of sp³-hybridized carbons (Fsp3) is 0.250. The maximum atomic E-state index is 13.2. The average molecular weight is 527 g/mol. The number of hydrogen-bond acceptors (Lipinski definition) is 4. The summed E-state index contributed by atoms with van der Waals surface area (Å²) < 4.78 is 44.9. The first-order valence-electron chi connectivity index (χ1n) is 11.8. The van der Waals surface area contributed by atoms with E-state index in [0.29, 0.717) is 22.7 Å². The zero-order valence-corrected chi connectivity index (χ0v) is 20.4. The Morgan fingerprint density at radius 3 is 2.32 bits per heavy atom. The van der Waals surface area contributed by atoms with E-state index in [1.165, 1.54) is 13.2 Å². The third-order valence-corrected chi connectivity index (χ3v) is 6.54. The molecule has 1 aliphatic carbocycles. The molecule has 2 amide bonds. The van der Waals surface area contributed by atoms with Crippen molar-refractivity contribution in [2.24, 2.45) is 5.41 Å². The molecule has 0 radical (unpaired) electrons. The summed E-state index contributed by atoms with van der Waals surface area (Å²) in [5, 5.41) is 14.6. The number of ether oxygens (including phenoxy) is 1. The van der Waals surface area contributed by atoms with Gasteiger partial charge in [-0.05, 0) is 53.8 Å². The number of urea groups is 1. The zero-order valence-electron chi connectivity index (χ0n) is 20.4. The minimum atomic E-state index is -4.66. The van der Waals surface area contributed by atoms with Crippen molar-refractivity contribution >= 4 is 29.2 Å². The molecule has 0 heterocycles. The normalized spacial score (nSPS) is 16.9. The van der Waals surface area contributed by atoms with Crippen LogP contribution in [0.2, 0.25) is 0 Å². The minimum absolute atomic E-state index is 0.123. The number of halogens is 3. The molecule has 0 aromatic heterocycles. The fourth-order valence-electron chi connectivity index (χ4n) is 4.79. The van der Waals surface area contributed by atoms with E-state index >= 15 is 0 Å². The zero-order chi connectivity index (χ0) is 27.5. The highest BCUT2D eigenvalue weighted by Crippen LogP contribution is 2.46. The van der Waals surface area contributed by atoms with E-state index in [0.717, 1.165) is 11.1 Å². The summed E-state index contributed by atoms with van der Waals surface area (Å²) in [6.45, 7) is 0. The Hall–Kier alpha value is -4.34. The Kier molecular flexibility index (Phi) is 7.43. The molecule has 3 aromatic carbocycles. The molecular weight excluding hydrogens is 501 g/mol. The van der Waals surface area contributed by atoms with E-state index < -0.39 is 42.2 Å². The molecule has 10 heteroatoms. The third-order valence-electron chi connectivity index (χ3n) is 6.54. The number of fused-ring (bicyclic) bond motifs is 1. The molecule has 0 bridgehead atoms. The summed E-state index contributed by atoms with van der Waals surface area (Å²) >= 11 is 0. The molecule has 0 fully saturated rings. The molecule has 7 nitrogen and oxygen atoms in total. The molecule has 0 saturated carbocycles. The highest BCUT2D eigenvalue weighted by Gasteiger charge is 2.50. The SMILES string of the molecule is COc1cccc(NC(=O)Nc2ccc(-c3ccc4c(c3)CCC(CC(=O)O)(CC(F)(F)F)C4=O)cc2)c1. The van der Waals surface area contributed by atoms with E-state index in [4.69, 9.17) is 4.74 Å². The van der Waals surface area contributed by atoms with Gasteiger partial charge in [0, 0.05) is 23.0 Å². The molecule has 0 spiro atoms. The number of rotatable bonds is 7. The summed E-state index contributed by atoms with van der Waals surface area (Å²) in [7, 11) is 1.53. The van der Waals surface area contributed by atoms with Crippen molar-refractivity contribution in [1.29, 1.82) is 0 Å². The molecule has 0 saturated heterocycles. The van der Waals surface area contributed by atoms with Gasteiger partial charge < -0.3 is 20.5 Å². The standard InChI is InChI=1S/C28H25F3N2O5/c1-38-22-4-2-3-21(14-22)33-26(37)32-20-8-5-17(6-9-20)18-7-10-23-19(13-18)11-12-27(25(23)36,15-24(34)35)16-28(29,30)31/h2-10,13-14H,11-12,15-16H2,1H3,(H,34,35)(H2,32,33,37). The summed E-state index contributed by atoms with van der Waals surface area (Å²) in [5.41, 5.74) is 1.31. The number of methoxy groups -OCH3 is 1. The lowest BCUT2D eigenvalue weighted by atomic mass is 9.66. The van der Waals surface area contributed by atoms with Crippen molar-refractivity contribution in [3.05, 3.63) is 77.9 Å². The van der Waals surface area contributed by atoms with Crippen molar-refractivity contribution in [3.8, 4) is 16.9 Å². The van der Waals surface area contributed by atoms with Crippen LogP contribution in [0.25, 0.3) is 11.1 Å². The number of Topliss-reactive ketones (excluding diaryl/α,β-unsaturated/α-hetero) is 1. The summed E-state index contributed by atoms with van der Waals surface area (Å²) in [6.07, 6.45) is -7.04. The molecular formula is C28H25F3N2O5. The van der Waals surface area contributed by atoms with Gasteiger partial charge in [-0.15, -0.1) is 0 Å². The molecule has 1 unspecified atom stereocenters. The van der Waals surface area contributed by atoms with Crippen molar-refractivity contribution in [2.45, 2.75) is 31.9 Å². The second-order valence-electron chi connectivity index (χ2n) is 9.23. The van der Waals surface area contributed by atoms with Gasteiger partial charge in [-0.1, -0.05) is 36.4 Å². The van der Waals surface area contributed by atoms with Gasteiger partial charge in [-0.25, -0.2) is 4.79 Å². The number of benzene rings is 3. The van der Waals surface area contributed by atoms with Crippen LogP contribution in [0.15, 0.2) is 66.7 Å². The Labute approximate surface area is 216 Å². The van der Waals surface area contributed by atoms with Crippen LogP contribution in [0.4, 0.5) is 29.3 Å². The van der Waals surface area contributed by atoms with Crippen LogP contribution in [0.1, 0.15) is 35.2 Å². The number of alkyl halides is 3. The maximum absolute atomic E-state index is 13.2. The number of carbonyl (C=O) groups is 3. The third kappa shape index (κ3) is 6.13. The van der Waals surface area contributed by atoms with E-state index in [9.17, 15) is 32.7 Å². The molecule has 38 heavy (non-hydrogen) atoms. The van der Waals surface area contributed by atoms with Gasteiger partial charge in [-0.3, -0.25) is 9.59 Å². The van der Waals surface area contributed by atoms with Gasteiger partial charge in [0.15, 0.2) is 5.78 Å². The van der Waals surface area contributed by atoms with Gasteiger partial charge in [0.2, 0.25) is 0 Å². The van der Waals surface area contributed by atoms with Crippen molar-refractivity contribution in [1.82, 2.24) is 0 Å². The lowest BCUT2D eigenvalue weighted by Crippen LogP contribution is -2.41. The molecule has 3 aromatic rings. The topological polar surface area (TPSA) is 105 Å². The lowest BCUT2D eigenvalue weighted by molar-refractivity contribution is -0.160. The highest BCUT2D eigenvalue weighted by molar-refractivity contribution is 6.05. The predicted molar refractivity (Wildman–Crippen MR) is 136 cm³/mol. The van der Waals surface area contributed by atoms with Crippen LogP contribution in [0.3, 0.4) is 0 Å². The Morgan fingerprint density at radius 1 is 0.974 bits per heavy atom. The van der Waals surface area contributed by atoms with Crippen molar-refractivity contribution in [3.63, 3.8) is 0 Å². The number of aryl methyl sites for hydroxylation is 1. The number of amides is 2. The molecule has 0 aliphatic heterocycles. The summed E-state index contributed by atoms with van der Waals surface area (Å²) in [4.78, 5) is 36.7. The average Bonchev–Trinajstić information content (AvgIpc) is 2.85. The van der Waals surface area contributed by atoms with E-state index in [1.54, 1.807) is 60.7 Å². The van der Waals surface area contributed by atoms with Gasteiger partial charge >= 0.3 is 18.2 Å². The number of anilines is 2. The number of hydrogen-bond donors (Lipinski definition) is 3. The molecule has 198 valence electrons. The van der Waals surface area contributed by atoms with E-state index in [2.05, 4.69) is 10.6 Å². The van der Waals surface area contributed by atoms with Crippen molar-refractivity contribution < 1.29 is 37.4 Å². The Bertz CT molecular complexity index is 1370. The van der Waals surface area contributed by atoms with Crippen LogP contribution < -0.4 is 15.4 Å². The Morgan fingerprint density at radius 2 is 1.66 bits per heavy atom. The molecule has 4 rings (SSSR count). The molecule has 1 aliphatic rings. The smallest absolute Gasteiger partial charge is 0.390 e. The molecule has 3 N–H and O–H groups in total. The second kappa shape index (κ2) is 10.6. The largest absolute Gasteiger partial charge is 0.497 e. The van der Waals surface area contributed by atoms with Gasteiger partial charge in [0.25, 0.3) is 0 Å². The van der Waals surface area contributed by atoms with Crippen LogP contribution in [-0.4, -0.2) is 36.2 Å². The number of carbonyl (C=O) groups excluding carboxylic acids is 2. The quantitative estimate of drug-likeness (QED) is 0.324. The summed E-state index contributed by atoms with van der Waals surface area (Å²) in [6, 6.07) is 18.2. The lowest BCUT2D eigenvalue weighted by Gasteiger charge is -2.36. The van der Waals surface area contributed by atoms with Gasteiger partial charge in [0.05, 0.1) is 25.4 Å². The number of carboxylic acids is 1. The van der Waals surface area contributed by atoms with Crippen molar-refractivity contribution in [2.75, 3.05) is 17.7 Å². The Balaban J connectivity index is 1.48. The fourth-order valence-corrected chi connectivity index (χ4v) is 4.79. The van der Waals surface area contributed by atoms with E-state index in [1.807, 2.05) is 0 Å². The maximum Gasteiger partial charge on any atom is 0.390 e.